The first-order chi connectivity index (χ1) is 17.7. The van der Waals surface area contributed by atoms with Crippen LogP contribution in [0.4, 0.5) is 5.69 Å². The second kappa shape index (κ2) is 11.3. The van der Waals surface area contributed by atoms with E-state index in [1.54, 1.807) is 7.11 Å². The van der Waals surface area contributed by atoms with Crippen LogP contribution in [0.3, 0.4) is 0 Å². The number of aromatic nitrogens is 1. The van der Waals surface area contributed by atoms with Crippen molar-refractivity contribution in [3.8, 4) is 16.9 Å². The minimum absolute atomic E-state index is 0.0412. The first-order valence-electron chi connectivity index (χ1n) is 13.0. The summed E-state index contributed by atoms with van der Waals surface area (Å²) in [5, 5.41) is 9.70. The van der Waals surface area contributed by atoms with Gasteiger partial charge in [-0.2, -0.15) is 0 Å². The molecule has 0 bridgehead atoms. The third kappa shape index (κ3) is 6.31. The van der Waals surface area contributed by atoms with Gasteiger partial charge in [0.15, 0.2) is 0 Å². The number of aliphatic carboxylic acids is 1. The molecule has 0 spiro atoms. The van der Waals surface area contributed by atoms with Crippen molar-refractivity contribution in [3.05, 3.63) is 77.1 Å². The van der Waals surface area contributed by atoms with E-state index in [0.29, 0.717) is 12.0 Å². The van der Waals surface area contributed by atoms with Gasteiger partial charge in [-0.05, 0) is 55.4 Å². The zero-order valence-corrected chi connectivity index (χ0v) is 22.6. The summed E-state index contributed by atoms with van der Waals surface area (Å²) in [6.45, 7) is 10.7. The van der Waals surface area contributed by atoms with Gasteiger partial charge in [-0.1, -0.05) is 56.3 Å². The predicted molar refractivity (Wildman–Crippen MR) is 147 cm³/mol. The monoisotopic (exact) mass is 502 g/mol. The summed E-state index contributed by atoms with van der Waals surface area (Å²) in [5.74, 6) is -0.0837. The first-order valence-corrected chi connectivity index (χ1v) is 13.0. The third-order valence-corrected chi connectivity index (χ3v) is 7.42. The average molecular weight is 503 g/mol. The van der Waals surface area contributed by atoms with Gasteiger partial charge in [0.05, 0.1) is 12.1 Å². The van der Waals surface area contributed by atoms with E-state index in [1.165, 1.54) is 0 Å². The van der Waals surface area contributed by atoms with E-state index in [0.717, 1.165) is 71.0 Å². The fourth-order valence-electron chi connectivity index (χ4n) is 5.12. The van der Waals surface area contributed by atoms with Gasteiger partial charge in [-0.25, -0.2) is 0 Å². The molecule has 6 heteroatoms. The van der Waals surface area contributed by atoms with Gasteiger partial charge in [-0.15, -0.1) is 0 Å². The Bertz CT molecular complexity index is 1210. The molecule has 2 heterocycles. The Hall–Kier alpha value is -3.38. The van der Waals surface area contributed by atoms with Crippen molar-refractivity contribution in [2.45, 2.75) is 53.1 Å². The lowest BCUT2D eigenvalue weighted by molar-refractivity contribution is -0.136. The Morgan fingerprint density at radius 2 is 1.68 bits per heavy atom. The molecule has 0 saturated carbocycles. The number of pyridine rings is 1. The molecule has 0 amide bonds. The second-order valence-electron chi connectivity index (χ2n) is 10.7. The standard InChI is InChI=1S/C31H38N2O4/c1-21-26(19-28(34)35)30(33-17-15-31(3,4)16-18-33)29(22(2)32-21)24-11-13-25(14-12-24)37-20-27(36-5)23-9-7-6-8-10-23/h6-14,27H,15-20H2,1-5H3,(H,34,35). The van der Waals surface area contributed by atoms with E-state index in [9.17, 15) is 9.90 Å². The number of anilines is 1. The molecule has 3 aromatic rings. The number of hydrogen-bond acceptors (Lipinski definition) is 5. The summed E-state index contributed by atoms with van der Waals surface area (Å²) < 4.78 is 11.7. The van der Waals surface area contributed by atoms with Crippen LogP contribution >= 0.6 is 0 Å². The van der Waals surface area contributed by atoms with E-state index in [2.05, 4.69) is 18.7 Å². The quantitative estimate of drug-likeness (QED) is 0.366. The molecule has 37 heavy (non-hydrogen) atoms. The summed E-state index contributed by atoms with van der Waals surface area (Å²) in [6.07, 6.45) is 1.93. The summed E-state index contributed by atoms with van der Waals surface area (Å²) in [4.78, 5) is 19.0. The third-order valence-electron chi connectivity index (χ3n) is 7.42. The van der Waals surface area contributed by atoms with Crippen molar-refractivity contribution in [1.29, 1.82) is 0 Å². The Balaban J connectivity index is 1.64. The van der Waals surface area contributed by atoms with E-state index >= 15 is 0 Å². The zero-order valence-electron chi connectivity index (χ0n) is 22.6. The molecule has 6 nitrogen and oxygen atoms in total. The number of nitrogens with zero attached hydrogens (tertiary/aromatic N) is 2. The Morgan fingerprint density at radius 1 is 1.03 bits per heavy atom. The number of carbonyl (C=O) groups is 1. The fraction of sp³-hybridized carbons (Fsp3) is 0.419. The normalized spacial score (nSPS) is 15.9. The topological polar surface area (TPSA) is 71.9 Å². The number of methoxy groups -OCH3 is 1. The molecule has 1 atom stereocenters. The molecular formula is C31H38N2O4. The number of aryl methyl sites for hydroxylation is 2. The minimum atomic E-state index is -0.840. The van der Waals surface area contributed by atoms with Crippen molar-refractivity contribution >= 4 is 11.7 Å². The molecule has 1 aliphatic rings. The van der Waals surface area contributed by atoms with Crippen LogP contribution in [0.15, 0.2) is 54.6 Å². The SMILES string of the molecule is COC(COc1ccc(-c2c(C)nc(C)c(CC(=O)O)c2N2CCC(C)(C)CC2)cc1)c1ccccc1. The Kier molecular flexibility index (Phi) is 8.18. The molecule has 1 fully saturated rings. The Morgan fingerprint density at radius 3 is 2.27 bits per heavy atom. The maximum atomic E-state index is 11.8. The molecule has 0 aliphatic carbocycles. The van der Waals surface area contributed by atoms with Crippen LogP contribution in [0.5, 0.6) is 5.75 Å². The van der Waals surface area contributed by atoms with Crippen molar-refractivity contribution in [1.82, 2.24) is 4.98 Å². The molecule has 1 unspecified atom stereocenters. The minimum Gasteiger partial charge on any atom is -0.491 e. The highest BCUT2D eigenvalue weighted by Crippen LogP contribution is 2.41. The van der Waals surface area contributed by atoms with Gasteiger partial charge in [0, 0.05) is 42.7 Å². The maximum Gasteiger partial charge on any atom is 0.307 e. The van der Waals surface area contributed by atoms with E-state index in [-0.39, 0.29) is 12.5 Å². The number of hydrogen-bond donors (Lipinski definition) is 1. The van der Waals surface area contributed by atoms with Gasteiger partial charge >= 0.3 is 5.97 Å². The van der Waals surface area contributed by atoms with Gasteiger partial charge in [0.1, 0.15) is 18.5 Å². The van der Waals surface area contributed by atoms with Crippen molar-refractivity contribution in [2.24, 2.45) is 5.41 Å². The van der Waals surface area contributed by atoms with Crippen LogP contribution in [0.25, 0.3) is 11.1 Å². The molecule has 4 rings (SSSR count). The molecule has 1 N–H and O–H groups in total. The largest absolute Gasteiger partial charge is 0.491 e. The number of benzene rings is 2. The van der Waals surface area contributed by atoms with Crippen LogP contribution in [-0.4, -0.2) is 42.9 Å². The fourth-order valence-corrected chi connectivity index (χ4v) is 5.12. The van der Waals surface area contributed by atoms with Gasteiger partial charge in [0.2, 0.25) is 0 Å². The second-order valence-corrected chi connectivity index (χ2v) is 10.7. The summed E-state index contributed by atoms with van der Waals surface area (Å²) in [6, 6.07) is 18.1. The van der Waals surface area contributed by atoms with Crippen molar-refractivity contribution in [2.75, 3.05) is 31.7 Å². The van der Waals surface area contributed by atoms with Gasteiger partial charge in [0.25, 0.3) is 0 Å². The molecule has 196 valence electrons. The molecule has 1 aliphatic heterocycles. The van der Waals surface area contributed by atoms with Gasteiger partial charge in [-0.3, -0.25) is 9.78 Å². The number of ether oxygens (including phenoxy) is 2. The van der Waals surface area contributed by atoms with Crippen LogP contribution in [-0.2, 0) is 16.0 Å². The van der Waals surface area contributed by atoms with Crippen LogP contribution in [0, 0.1) is 19.3 Å². The van der Waals surface area contributed by atoms with Crippen LogP contribution in [0.2, 0.25) is 0 Å². The summed E-state index contributed by atoms with van der Waals surface area (Å²) >= 11 is 0. The highest BCUT2D eigenvalue weighted by atomic mass is 16.5. The smallest absolute Gasteiger partial charge is 0.307 e. The van der Waals surface area contributed by atoms with E-state index in [4.69, 9.17) is 14.5 Å². The lowest BCUT2D eigenvalue weighted by Gasteiger charge is -2.40. The lowest BCUT2D eigenvalue weighted by atomic mass is 9.82. The van der Waals surface area contributed by atoms with Crippen LogP contribution in [0.1, 0.15) is 55.3 Å². The summed E-state index contributed by atoms with van der Waals surface area (Å²) in [5.41, 5.74) is 6.89. The van der Waals surface area contributed by atoms with E-state index < -0.39 is 5.97 Å². The lowest BCUT2D eigenvalue weighted by Crippen LogP contribution is -2.38. The zero-order chi connectivity index (χ0) is 26.6. The molecule has 0 radical (unpaired) electrons. The molecule has 2 aromatic carbocycles. The summed E-state index contributed by atoms with van der Waals surface area (Å²) in [7, 11) is 1.69. The highest BCUT2D eigenvalue weighted by molar-refractivity contribution is 5.86. The van der Waals surface area contributed by atoms with Crippen molar-refractivity contribution in [3.63, 3.8) is 0 Å². The van der Waals surface area contributed by atoms with Gasteiger partial charge < -0.3 is 19.5 Å². The molecular weight excluding hydrogens is 464 g/mol. The van der Waals surface area contributed by atoms with Crippen molar-refractivity contribution < 1.29 is 19.4 Å². The van der Waals surface area contributed by atoms with Crippen LogP contribution < -0.4 is 9.64 Å². The predicted octanol–water partition coefficient (Wildman–Crippen LogP) is 6.39. The number of piperidine rings is 1. The average Bonchev–Trinajstić information content (AvgIpc) is 2.87. The first kappa shape index (κ1) is 26.7. The number of carboxylic acids is 1. The Labute approximate surface area is 220 Å². The highest BCUT2D eigenvalue weighted by Gasteiger charge is 2.30. The molecule has 1 saturated heterocycles. The number of carboxylic acid groups (broad SMARTS) is 1. The number of rotatable bonds is 9. The van der Waals surface area contributed by atoms with E-state index in [1.807, 2.05) is 68.4 Å². The maximum absolute atomic E-state index is 11.8. The molecule has 1 aromatic heterocycles.